The van der Waals surface area contributed by atoms with Gasteiger partial charge < -0.3 is 9.73 Å². The average Bonchev–Trinajstić information content (AvgIpc) is 3.08. The molecule has 1 N–H and O–H groups in total. The molecule has 0 aliphatic heterocycles. The Morgan fingerprint density at radius 1 is 1.43 bits per heavy atom. The van der Waals surface area contributed by atoms with E-state index in [9.17, 15) is 8.42 Å². The highest BCUT2D eigenvalue weighted by molar-refractivity contribution is 7.89. The zero-order chi connectivity index (χ0) is 15.7. The summed E-state index contributed by atoms with van der Waals surface area (Å²) < 4.78 is 32.2. The van der Waals surface area contributed by atoms with Crippen molar-refractivity contribution in [3.63, 3.8) is 0 Å². The third-order valence-corrected chi connectivity index (χ3v) is 5.05. The van der Waals surface area contributed by atoms with Crippen molar-refractivity contribution in [1.82, 2.24) is 9.62 Å². The van der Waals surface area contributed by atoms with Gasteiger partial charge in [-0.15, -0.1) is 6.58 Å². The topological polar surface area (TPSA) is 62.6 Å². The lowest BCUT2D eigenvalue weighted by Gasteiger charge is -2.20. The van der Waals surface area contributed by atoms with Gasteiger partial charge in [0.05, 0.1) is 6.54 Å². The first kappa shape index (κ1) is 16.3. The van der Waals surface area contributed by atoms with Gasteiger partial charge in [-0.2, -0.15) is 4.31 Å². The monoisotopic (exact) mass is 312 g/mol. The second-order valence-electron chi connectivity index (χ2n) is 6.42. The minimum Gasteiger partial charge on any atom is -0.447 e. The third-order valence-electron chi connectivity index (χ3n) is 3.26. The summed E-state index contributed by atoms with van der Waals surface area (Å²) in [6.45, 7) is 10.6. The zero-order valence-electron chi connectivity index (χ0n) is 12.9. The van der Waals surface area contributed by atoms with Crippen LogP contribution < -0.4 is 5.32 Å². The van der Waals surface area contributed by atoms with Gasteiger partial charge in [0, 0.05) is 18.1 Å². The van der Waals surface area contributed by atoms with Gasteiger partial charge in [0.25, 0.3) is 10.0 Å². The normalized spacial score (nSPS) is 16.4. The van der Waals surface area contributed by atoms with Crippen LogP contribution in [0.2, 0.25) is 0 Å². The molecule has 0 saturated heterocycles. The van der Waals surface area contributed by atoms with Crippen molar-refractivity contribution in [2.45, 2.75) is 56.8 Å². The van der Waals surface area contributed by atoms with Crippen molar-refractivity contribution in [2.75, 3.05) is 6.54 Å². The summed E-state index contributed by atoms with van der Waals surface area (Å²) in [5.74, 6) is 0.623. The predicted molar refractivity (Wildman–Crippen MR) is 82.4 cm³/mol. The van der Waals surface area contributed by atoms with Crippen LogP contribution in [-0.4, -0.2) is 30.8 Å². The fraction of sp³-hybridized carbons (Fsp3) is 0.600. The molecule has 0 unspecified atom stereocenters. The molecule has 1 aromatic heterocycles. The Labute approximate surface area is 127 Å². The smallest absolute Gasteiger partial charge is 0.276 e. The van der Waals surface area contributed by atoms with Crippen LogP contribution in [0.5, 0.6) is 0 Å². The van der Waals surface area contributed by atoms with Crippen LogP contribution >= 0.6 is 0 Å². The predicted octanol–water partition coefficient (Wildman–Crippen LogP) is 2.51. The molecule has 2 rings (SSSR count). The standard InChI is InChI=1S/C15H24N2O3S/c1-5-10-17(12-6-7-12)21(18,19)14-9-8-13(20-14)11-16-15(2,3)4/h5,8-9,12,16H,1,6-7,10-11H2,2-4H3. The highest BCUT2D eigenvalue weighted by atomic mass is 32.2. The minimum absolute atomic E-state index is 0.0157. The first-order valence-corrected chi connectivity index (χ1v) is 8.64. The number of nitrogens with zero attached hydrogens (tertiary/aromatic N) is 1. The maximum atomic E-state index is 12.6. The van der Waals surface area contributed by atoms with Crippen molar-refractivity contribution in [3.8, 4) is 0 Å². The molecule has 1 aromatic rings. The number of furan rings is 1. The van der Waals surface area contributed by atoms with E-state index in [0.29, 0.717) is 18.8 Å². The molecule has 5 nitrogen and oxygen atoms in total. The van der Waals surface area contributed by atoms with Gasteiger partial charge in [-0.1, -0.05) is 6.08 Å². The van der Waals surface area contributed by atoms with E-state index in [1.54, 1.807) is 12.1 Å². The van der Waals surface area contributed by atoms with E-state index < -0.39 is 10.0 Å². The van der Waals surface area contributed by atoms with Crippen molar-refractivity contribution in [2.24, 2.45) is 0 Å². The van der Waals surface area contributed by atoms with Crippen LogP contribution in [0.3, 0.4) is 0 Å². The summed E-state index contributed by atoms with van der Waals surface area (Å²) in [6.07, 6.45) is 3.43. The molecule has 0 amide bonds. The molecule has 1 aliphatic carbocycles. The van der Waals surface area contributed by atoms with Crippen LogP contribution in [0.4, 0.5) is 0 Å². The highest BCUT2D eigenvalue weighted by Crippen LogP contribution is 2.32. The molecule has 1 saturated carbocycles. The summed E-state index contributed by atoms with van der Waals surface area (Å²) in [6, 6.07) is 3.34. The van der Waals surface area contributed by atoms with Crippen molar-refractivity contribution in [3.05, 3.63) is 30.5 Å². The first-order chi connectivity index (χ1) is 9.74. The molecule has 0 aromatic carbocycles. The quantitative estimate of drug-likeness (QED) is 0.786. The number of sulfonamides is 1. The summed E-state index contributed by atoms with van der Waals surface area (Å²) in [5.41, 5.74) is -0.0469. The van der Waals surface area contributed by atoms with E-state index in [4.69, 9.17) is 4.42 Å². The zero-order valence-corrected chi connectivity index (χ0v) is 13.7. The third kappa shape index (κ3) is 4.18. The van der Waals surface area contributed by atoms with E-state index in [1.807, 2.05) is 20.8 Å². The molecule has 1 heterocycles. The Balaban J connectivity index is 2.13. The molecule has 0 bridgehead atoms. The molecule has 6 heteroatoms. The number of hydrogen-bond acceptors (Lipinski definition) is 4. The van der Waals surface area contributed by atoms with Crippen molar-refractivity contribution in [1.29, 1.82) is 0 Å². The van der Waals surface area contributed by atoms with Gasteiger partial charge in [0.15, 0.2) is 0 Å². The van der Waals surface area contributed by atoms with Crippen LogP contribution in [-0.2, 0) is 16.6 Å². The van der Waals surface area contributed by atoms with Crippen molar-refractivity contribution >= 4 is 10.0 Å². The summed E-state index contributed by atoms with van der Waals surface area (Å²) >= 11 is 0. The van der Waals surface area contributed by atoms with E-state index in [1.165, 1.54) is 10.4 Å². The van der Waals surface area contributed by atoms with Gasteiger partial charge in [-0.3, -0.25) is 0 Å². The molecule has 21 heavy (non-hydrogen) atoms. The maximum absolute atomic E-state index is 12.6. The van der Waals surface area contributed by atoms with Gasteiger partial charge >= 0.3 is 0 Å². The number of hydrogen-bond donors (Lipinski definition) is 1. The summed E-state index contributed by atoms with van der Waals surface area (Å²) in [4.78, 5) is 0. The highest BCUT2D eigenvalue weighted by Gasteiger charge is 2.38. The molecule has 118 valence electrons. The number of nitrogens with one attached hydrogen (secondary N) is 1. The van der Waals surface area contributed by atoms with Crippen LogP contribution in [0, 0.1) is 0 Å². The Kier molecular flexibility index (Phi) is 4.60. The lowest BCUT2D eigenvalue weighted by Crippen LogP contribution is -2.35. The fourth-order valence-electron chi connectivity index (χ4n) is 1.99. The Bertz CT molecular complexity index is 595. The molecule has 0 radical (unpaired) electrons. The van der Waals surface area contributed by atoms with Crippen LogP contribution in [0.1, 0.15) is 39.4 Å². The Morgan fingerprint density at radius 2 is 2.10 bits per heavy atom. The lowest BCUT2D eigenvalue weighted by atomic mass is 10.1. The number of rotatable bonds is 7. The van der Waals surface area contributed by atoms with E-state index >= 15 is 0 Å². The second kappa shape index (κ2) is 5.94. The molecule has 0 spiro atoms. The minimum atomic E-state index is -3.57. The summed E-state index contributed by atoms with van der Waals surface area (Å²) in [5, 5.41) is 3.29. The van der Waals surface area contributed by atoms with E-state index in [2.05, 4.69) is 11.9 Å². The lowest BCUT2D eigenvalue weighted by molar-refractivity contribution is 0.347. The molecular formula is C15H24N2O3S. The van der Waals surface area contributed by atoms with E-state index in [0.717, 1.165) is 12.8 Å². The largest absolute Gasteiger partial charge is 0.447 e. The van der Waals surface area contributed by atoms with Crippen LogP contribution in [0.25, 0.3) is 0 Å². The maximum Gasteiger partial charge on any atom is 0.276 e. The first-order valence-electron chi connectivity index (χ1n) is 7.20. The fourth-order valence-corrected chi connectivity index (χ4v) is 3.58. The van der Waals surface area contributed by atoms with Gasteiger partial charge in [0.2, 0.25) is 5.09 Å². The van der Waals surface area contributed by atoms with Crippen LogP contribution in [0.15, 0.2) is 34.3 Å². The van der Waals surface area contributed by atoms with Gasteiger partial charge in [0.1, 0.15) is 5.76 Å². The van der Waals surface area contributed by atoms with E-state index in [-0.39, 0.29) is 16.7 Å². The molecule has 1 aliphatic rings. The molecular weight excluding hydrogens is 288 g/mol. The molecule has 0 atom stereocenters. The summed E-state index contributed by atoms with van der Waals surface area (Å²) in [7, 11) is -3.57. The van der Waals surface area contributed by atoms with Crippen molar-refractivity contribution < 1.29 is 12.8 Å². The average molecular weight is 312 g/mol. The molecule has 1 fully saturated rings. The van der Waals surface area contributed by atoms with Gasteiger partial charge in [-0.25, -0.2) is 8.42 Å². The SMILES string of the molecule is C=CCN(C1CC1)S(=O)(=O)c1ccc(CNC(C)(C)C)o1. The second-order valence-corrected chi connectivity index (χ2v) is 8.24. The Hall–Kier alpha value is -1.11. The Morgan fingerprint density at radius 3 is 2.62 bits per heavy atom. The van der Waals surface area contributed by atoms with Gasteiger partial charge in [-0.05, 0) is 45.7 Å².